The normalized spacial score (nSPS) is 18.6. The summed E-state index contributed by atoms with van der Waals surface area (Å²) in [6, 6.07) is 3.74. The van der Waals surface area contributed by atoms with Crippen LogP contribution in [0.4, 0.5) is 5.82 Å². The Bertz CT molecular complexity index is 509. The van der Waals surface area contributed by atoms with E-state index in [4.69, 9.17) is 10.9 Å². The van der Waals surface area contributed by atoms with Crippen molar-refractivity contribution in [2.45, 2.75) is 40.0 Å². The van der Waals surface area contributed by atoms with Crippen molar-refractivity contribution in [2.24, 2.45) is 16.3 Å². The molecule has 0 bridgehead atoms. The van der Waals surface area contributed by atoms with Gasteiger partial charge in [0, 0.05) is 24.3 Å². The Hall–Kier alpha value is -1.78. The number of pyridine rings is 1. The van der Waals surface area contributed by atoms with Gasteiger partial charge in [-0.05, 0) is 43.7 Å². The van der Waals surface area contributed by atoms with Crippen LogP contribution in [0, 0.1) is 12.3 Å². The van der Waals surface area contributed by atoms with E-state index in [0.29, 0.717) is 5.41 Å². The van der Waals surface area contributed by atoms with Crippen molar-refractivity contribution >= 4 is 11.7 Å². The molecule has 0 saturated carbocycles. The molecule has 5 heteroatoms. The molecular weight excluding hydrogens is 252 g/mol. The Kier molecular flexibility index (Phi) is 4.16. The number of anilines is 1. The van der Waals surface area contributed by atoms with Gasteiger partial charge in [0.2, 0.25) is 0 Å². The Morgan fingerprint density at radius 3 is 2.70 bits per heavy atom. The fourth-order valence-electron chi connectivity index (χ4n) is 2.98. The van der Waals surface area contributed by atoms with Crippen molar-refractivity contribution in [3.8, 4) is 0 Å². The van der Waals surface area contributed by atoms with Crippen molar-refractivity contribution in [1.82, 2.24) is 4.98 Å². The molecule has 0 unspecified atom stereocenters. The number of oxime groups is 1. The number of nitrogens with zero attached hydrogens (tertiary/aromatic N) is 3. The van der Waals surface area contributed by atoms with E-state index in [9.17, 15) is 0 Å². The zero-order chi connectivity index (χ0) is 14.8. The van der Waals surface area contributed by atoms with Gasteiger partial charge in [-0.3, -0.25) is 0 Å². The number of hydrogen-bond donors (Lipinski definition) is 2. The number of rotatable bonds is 4. The topological polar surface area (TPSA) is 74.7 Å². The highest BCUT2D eigenvalue weighted by Crippen LogP contribution is 2.38. The van der Waals surface area contributed by atoms with Crippen molar-refractivity contribution in [2.75, 3.05) is 18.0 Å². The summed E-state index contributed by atoms with van der Waals surface area (Å²) in [5, 5.41) is 11.9. The molecule has 2 rings (SSSR count). The smallest absolute Gasteiger partial charge is 0.170 e. The quantitative estimate of drug-likeness (QED) is 0.383. The van der Waals surface area contributed by atoms with E-state index in [1.54, 1.807) is 0 Å². The lowest BCUT2D eigenvalue weighted by Crippen LogP contribution is -2.27. The maximum atomic E-state index is 8.82. The van der Waals surface area contributed by atoms with Crippen molar-refractivity contribution in [1.29, 1.82) is 0 Å². The Morgan fingerprint density at radius 2 is 2.15 bits per heavy atom. The molecular formula is C15H24N4O. The zero-order valence-electron chi connectivity index (χ0n) is 12.6. The van der Waals surface area contributed by atoms with E-state index in [1.165, 1.54) is 19.3 Å². The summed E-state index contributed by atoms with van der Waals surface area (Å²) >= 11 is 0. The maximum Gasteiger partial charge on any atom is 0.170 e. The second-order valence-corrected chi connectivity index (χ2v) is 5.72. The fourth-order valence-corrected chi connectivity index (χ4v) is 2.98. The van der Waals surface area contributed by atoms with Crippen LogP contribution in [0.3, 0.4) is 0 Å². The van der Waals surface area contributed by atoms with Crippen LogP contribution >= 0.6 is 0 Å². The van der Waals surface area contributed by atoms with Gasteiger partial charge in [-0.1, -0.05) is 19.0 Å². The lowest BCUT2D eigenvalue weighted by Gasteiger charge is -2.27. The standard InChI is InChI=1S/C15H24N4O/c1-4-15(5-2)6-7-19(10-15)13-9-12(14(16)18-20)8-11(3)17-13/h8-9,20H,4-7,10H2,1-3H3,(H2,16,18). The average molecular weight is 276 g/mol. The molecule has 0 aromatic carbocycles. The Morgan fingerprint density at radius 1 is 1.45 bits per heavy atom. The van der Waals surface area contributed by atoms with Crippen LogP contribution in [0.25, 0.3) is 0 Å². The van der Waals surface area contributed by atoms with Gasteiger partial charge < -0.3 is 15.8 Å². The molecule has 1 aliphatic rings. The van der Waals surface area contributed by atoms with Crippen LogP contribution in [-0.2, 0) is 0 Å². The van der Waals surface area contributed by atoms with E-state index in [2.05, 4.69) is 28.9 Å². The minimum Gasteiger partial charge on any atom is -0.409 e. The highest BCUT2D eigenvalue weighted by atomic mass is 16.4. The summed E-state index contributed by atoms with van der Waals surface area (Å²) in [5.41, 5.74) is 7.70. The first-order valence-electron chi connectivity index (χ1n) is 7.25. The molecule has 0 radical (unpaired) electrons. The predicted molar refractivity (Wildman–Crippen MR) is 81.3 cm³/mol. The maximum absolute atomic E-state index is 8.82. The summed E-state index contributed by atoms with van der Waals surface area (Å²) in [6.45, 7) is 8.51. The van der Waals surface area contributed by atoms with Gasteiger partial charge in [0.15, 0.2) is 5.84 Å². The second kappa shape index (κ2) is 5.69. The van der Waals surface area contributed by atoms with Gasteiger partial charge in [-0.25, -0.2) is 4.98 Å². The van der Waals surface area contributed by atoms with Crippen molar-refractivity contribution in [3.63, 3.8) is 0 Å². The second-order valence-electron chi connectivity index (χ2n) is 5.72. The summed E-state index contributed by atoms with van der Waals surface area (Å²) in [5.74, 6) is 1.06. The number of amidine groups is 1. The van der Waals surface area contributed by atoms with Crippen LogP contribution in [0.15, 0.2) is 17.3 Å². The molecule has 3 N–H and O–H groups in total. The Balaban J connectivity index is 2.28. The van der Waals surface area contributed by atoms with E-state index in [-0.39, 0.29) is 5.84 Å². The minimum absolute atomic E-state index is 0.133. The molecule has 1 fully saturated rings. The molecule has 20 heavy (non-hydrogen) atoms. The Labute approximate surface area is 120 Å². The van der Waals surface area contributed by atoms with Crippen molar-refractivity contribution in [3.05, 3.63) is 23.4 Å². The predicted octanol–water partition coefficient (Wildman–Crippen LogP) is 2.50. The first-order chi connectivity index (χ1) is 9.53. The van der Waals surface area contributed by atoms with Crippen LogP contribution in [0.2, 0.25) is 0 Å². The van der Waals surface area contributed by atoms with Crippen LogP contribution in [-0.4, -0.2) is 29.1 Å². The highest BCUT2D eigenvalue weighted by Gasteiger charge is 2.35. The SMILES string of the molecule is CCC1(CC)CCN(c2cc(/C(N)=N/O)cc(C)n2)C1. The number of nitrogens with two attached hydrogens (primary N) is 1. The van der Waals surface area contributed by atoms with Crippen LogP contribution in [0.5, 0.6) is 0 Å². The molecule has 2 heterocycles. The van der Waals surface area contributed by atoms with Gasteiger partial charge in [-0.2, -0.15) is 0 Å². The number of aryl methyl sites for hydroxylation is 1. The molecule has 1 aromatic rings. The van der Waals surface area contributed by atoms with Gasteiger partial charge in [0.25, 0.3) is 0 Å². The monoisotopic (exact) mass is 276 g/mol. The molecule has 1 aliphatic heterocycles. The summed E-state index contributed by atoms with van der Waals surface area (Å²) in [7, 11) is 0. The third-order valence-corrected chi connectivity index (χ3v) is 4.61. The summed E-state index contributed by atoms with van der Waals surface area (Å²) in [6.07, 6.45) is 3.59. The van der Waals surface area contributed by atoms with Crippen LogP contribution in [0.1, 0.15) is 44.4 Å². The third kappa shape index (κ3) is 2.71. The number of aromatic nitrogens is 1. The van der Waals surface area contributed by atoms with Gasteiger partial charge in [0.1, 0.15) is 5.82 Å². The van der Waals surface area contributed by atoms with Gasteiger partial charge in [-0.15, -0.1) is 0 Å². The summed E-state index contributed by atoms with van der Waals surface area (Å²) in [4.78, 5) is 6.91. The molecule has 110 valence electrons. The molecule has 5 nitrogen and oxygen atoms in total. The average Bonchev–Trinajstić information content (AvgIpc) is 2.91. The van der Waals surface area contributed by atoms with E-state index < -0.39 is 0 Å². The molecule has 0 amide bonds. The third-order valence-electron chi connectivity index (χ3n) is 4.61. The fraction of sp³-hybridized carbons (Fsp3) is 0.600. The molecule has 0 spiro atoms. The van der Waals surface area contributed by atoms with E-state index in [0.717, 1.165) is 30.2 Å². The molecule has 1 saturated heterocycles. The lowest BCUT2D eigenvalue weighted by molar-refractivity contribution is 0.301. The largest absolute Gasteiger partial charge is 0.409 e. The molecule has 0 aliphatic carbocycles. The minimum atomic E-state index is 0.133. The van der Waals surface area contributed by atoms with Gasteiger partial charge in [0.05, 0.1) is 0 Å². The van der Waals surface area contributed by atoms with Gasteiger partial charge >= 0.3 is 0 Å². The van der Waals surface area contributed by atoms with Crippen molar-refractivity contribution < 1.29 is 5.21 Å². The van der Waals surface area contributed by atoms with E-state index >= 15 is 0 Å². The van der Waals surface area contributed by atoms with E-state index in [1.807, 2.05) is 19.1 Å². The summed E-state index contributed by atoms with van der Waals surface area (Å²) < 4.78 is 0. The lowest BCUT2D eigenvalue weighted by atomic mass is 9.82. The first kappa shape index (κ1) is 14.6. The zero-order valence-corrected chi connectivity index (χ0v) is 12.6. The number of hydrogen-bond acceptors (Lipinski definition) is 4. The molecule has 1 aromatic heterocycles. The first-order valence-corrected chi connectivity index (χ1v) is 7.25. The highest BCUT2D eigenvalue weighted by molar-refractivity contribution is 5.97. The molecule has 0 atom stereocenters. The van der Waals surface area contributed by atoms with Crippen LogP contribution < -0.4 is 10.6 Å².